The van der Waals surface area contributed by atoms with Gasteiger partial charge in [0.25, 0.3) is 0 Å². The third-order valence-electron chi connectivity index (χ3n) is 1.77. The summed E-state index contributed by atoms with van der Waals surface area (Å²) in [7, 11) is 0. The Hall–Kier alpha value is -0.270. The van der Waals surface area contributed by atoms with Gasteiger partial charge in [0.2, 0.25) is 0 Å². The molecule has 92 valence electrons. The number of thioether (sulfide) groups is 2. The second-order valence-corrected chi connectivity index (χ2v) is 6.57. The smallest absolute Gasteiger partial charge is 0.317 e. The standard InChI is InChI=1S/C9H14O4S3/c1-3-5(7(10)11)15-9(14)16-6(4-2)8(12)13/h5-6H,3-4H2,1-2H3,(H,10,11)(H,12,13). The molecule has 0 fully saturated rings. The number of aliphatic carboxylic acids is 2. The van der Waals surface area contributed by atoms with Gasteiger partial charge in [0.05, 0.1) is 0 Å². The summed E-state index contributed by atoms with van der Waals surface area (Å²) in [6.07, 6.45) is 0.926. The number of carboxylic acid groups (broad SMARTS) is 2. The zero-order valence-corrected chi connectivity index (χ0v) is 11.5. The van der Waals surface area contributed by atoms with E-state index in [1.165, 1.54) is 0 Å². The Kier molecular flexibility index (Phi) is 7.78. The van der Waals surface area contributed by atoms with Gasteiger partial charge in [-0.25, -0.2) is 0 Å². The van der Waals surface area contributed by atoms with Crippen LogP contribution in [0.4, 0.5) is 0 Å². The maximum atomic E-state index is 10.7. The van der Waals surface area contributed by atoms with Gasteiger partial charge in [-0.2, -0.15) is 0 Å². The number of carbonyl (C=O) groups is 2. The molecule has 2 N–H and O–H groups in total. The molecule has 0 aliphatic carbocycles. The van der Waals surface area contributed by atoms with Gasteiger partial charge < -0.3 is 10.2 Å². The van der Waals surface area contributed by atoms with Crippen LogP contribution in [-0.4, -0.2) is 36.2 Å². The first-order chi connectivity index (χ1) is 7.42. The fourth-order valence-electron chi connectivity index (χ4n) is 0.877. The predicted molar refractivity (Wildman–Crippen MR) is 71.2 cm³/mol. The van der Waals surface area contributed by atoms with Crippen molar-refractivity contribution in [3.63, 3.8) is 0 Å². The normalized spacial score (nSPS) is 14.1. The van der Waals surface area contributed by atoms with E-state index >= 15 is 0 Å². The number of hydrogen-bond donors (Lipinski definition) is 2. The predicted octanol–water partition coefficient (Wildman–Crippen LogP) is 2.46. The highest BCUT2D eigenvalue weighted by Crippen LogP contribution is 2.28. The lowest BCUT2D eigenvalue weighted by molar-refractivity contribution is -0.137. The van der Waals surface area contributed by atoms with Gasteiger partial charge in [-0.15, -0.1) is 0 Å². The first-order valence-electron chi connectivity index (χ1n) is 4.75. The number of rotatable bonds is 6. The van der Waals surface area contributed by atoms with Crippen LogP contribution in [0.1, 0.15) is 26.7 Å². The summed E-state index contributed by atoms with van der Waals surface area (Å²) in [5.41, 5.74) is 0. The summed E-state index contributed by atoms with van der Waals surface area (Å²) in [5.74, 6) is -1.84. The van der Waals surface area contributed by atoms with Crippen molar-refractivity contribution in [1.29, 1.82) is 0 Å². The third kappa shape index (κ3) is 5.72. The quantitative estimate of drug-likeness (QED) is 0.725. The molecule has 0 radical (unpaired) electrons. The highest BCUT2D eigenvalue weighted by molar-refractivity contribution is 8.47. The summed E-state index contributed by atoms with van der Waals surface area (Å²) in [6, 6.07) is 0. The molecule has 0 aliphatic heterocycles. The minimum atomic E-state index is -0.918. The van der Waals surface area contributed by atoms with Crippen LogP contribution in [0, 0.1) is 0 Å². The zero-order chi connectivity index (χ0) is 12.7. The highest BCUT2D eigenvalue weighted by Gasteiger charge is 2.22. The van der Waals surface area contributed by atoms with Crippen LogP contribution in [-0.2, 0) is 9.59 Å². The molecule has 0 saturated carbocycles. The first-order valence-corrected chi connectivity index (χ1v) is 6.91. The van der Waals surface area contributed by atoms with Gasteiger partial charge in [0.1, 0.15) is 14.0 Å². The van der Waals surface area contributed by atoms with E-state index in [0.717, 1.165) is 23.5 Å². The summed E-state index contributed by atoms with van der Waals surface area (Å²) in [4.78, 5) is 21.5. The summed E-state index contributed by atoms with van der Waals surface area (Å²) in [6.45, 7) is 3.52. The van der Waals surface area contributed by atoms with Crippen LogP contribution in [0.25, 0.3) is 0 Å². The topological polar surface area (TPSA) is 74.6 Å². The average Bonchev–Trinajstić information content (AvgIpc) is 2.21. The van der Waals surface area contributed by atoms with Crippen molar-refractivity contribution in [2.24, 2.45) is 0 Å². The minimum absolute atomic E-state index is 0.378. The molecular weight excluding hydrogens is 268 g/mol. The van der Waals surface area contributed by atoms with Crippen molar-refractivity contribution in [1.82, 2.24) is 0 Å². The molecule has 0 amide bonds. The summed E-state index contributed by atoms with van der Waals surface area (Å²) < 4.78 is 0.378. The molecule has 0 bridgehead atoms. The minimum Gasteiger partial charge on any atom is -0.480 e. The molecule has 2 unspecified atom stereocenters. The van der Waals surface area contributed by atoms with Crippen LogP contribution in [0.15, 0.2) is 0 Å². The Balaban J connectivity index is 4.25. The Morgan fingerprint density at radius 3 is 1.56 bits per heavy atom. The van der Waals surface area contributed by atoms with Crippen molar-refractivity contribution >= 4 is 51.2 Å². The Morgan fingerprint density at radius 1 is 1.06 bits per heavy atom. The van der Waals surface area contributed by atoms with Gasteiger partial charge >= 0.3 is 11.9 Å². The van der Waals surface area contributed by atoms with Crippen molar-refractivity contribution in [3.05, 3.63) is 0 Å². The van der Waals surface area contributed by atoms with E-state index in [2.05, 4.69) is 0 Å². The molecule has 7 heteroatoms. The van der Waals surface area contributed by atoms with Crippen molar-refractivity contribution in [2.75, 3.05) is 0 Å². The maximum absolute atomic E-state index is 10.7. The summed E-state index contributed by atoms with van der Waals surface area (Å²) in [5, 5.41) is 16.5. The molecule has 0 saturated heterocycles. The lowest BCUT2D eigenvalue weighted by Crippen LogP contribution is -2.19. The number of thiocarbonyl (C=S) groups is 1. The number of hydrogen-bond acceptors (Lipinski definition) is 5. The monoisotopic (exact) mass is 282 g/mol. The van der Waals surface area contributed by atoms with Crippen molar-refractivity contribution in [3.8, 4) is 0 Å². The molecule has 0 aromatic rings. The maximum Gasteiger partial charge on any atom is 0.317 e. The first kappa shape index (κ1) is 15.7. The Bertz CT molecular complexity index is 254. The third-order valence-corrected chi connectivity index (χ3v) is 4.95. The molecule has 0 aromatic heterocycles. The van der Waals surface area contributed by atoms with Gasteiger partial charge in [0.15, 0.2) is 0 Å². The Morgan fingerprint density at radius 2 is 1.38 bits per heavy atom. The van der Waals surface area contributed by atoms with Crippen molar-refractivity contribution < 1.29 is 19.8 Å². The molecule has 0 aromatic carbocycles. The molecule has 0 aliphatic rings. The van der Waals surface area contributed by atoms with E-state index in [1.54, 1.807) is 13.8 Å². The molecular formula is C9H14O4S3. The molecule has 16 heavy (non-hydrogen) atoms. The van der Waals surface area contributed by atoms with Crippen LogP contribution in [0.2, 0.25) is 0 Å². The second kappa shape index (κ2) is 7.92. The molecule has 2 atom stereocenters. The highest BCUT2D eigenvalue weighted by atomic mass is 32.2. The van der Waals surface area contributed by atoms with E-state index in [0.29, 0.717) is 16.4 Å². The number of carboxylic acids is 2. The van der Waals surface area contributed by atoms with Crippen LogP contribution in [0.5, 0.6) is 0 Å². The zero-order valence-electron chi connectivity index (χ0n) is 9.00. The van der Waals surface area contributed by atoms with E-state index in [-0.39, 0.29) is 0 Å². The van der Waals surface area contributed by atoms with Crippen LogP contribution < -0.4 is 0 Å². The van der Waals surface area contributed by atoms with E-state index < -0.39 is 22.4 Å². The SMILES string of the molecule is CCC(SC(=S)SC(CC)C(=O)O)C(=O)O. The largest absolute Gasteiger partial charge is 0.480 e. The molecule has 0 heterocycles. The van der Waals surface area contributed by atoms with Crippen molar-refractivity contribution in [2.45, 2.75) is 37.2 Å². The van der Waals surface area contributed by atoms with Crippen LogP contribution >= 0.6 is 35.7 Å². The fraction of sp³-hybridized carbons (Fsp3) is 0.667. The molecule has 0 spiro atoms. The average molecular weight is 282 g/mol. The Labute approximate surface area is 108 Å². The van der Waals surface area contributed by atoms with Gasteiger partial charge in [-0.05, 0) is 12.8 Å². The van der Waals surface area contributed by atoms with Gasteiger partial charge in [0, 0.05) is 0 Å². The molecule has 4 nitrogen and oxygen atoms in total. The lowest BCUT2D eigenvalue weighted by Gasteiger charge is -2.12. The van der Waals surface area contributed by atoms with Gasteiger partial charge in [-0.3, -0.25) is 9.59 Å². The molecule has 0 rings (SSSR count). The van der Waals surface area contributed by atoms with E-state index in [9.17, 15) is 9.59 Å². The lowest BCUT2D eigenvalue weighted by atomic mass is 10.3. The fourth-order valence-corrected chi connectivity index (χ4v) is 3.49. The van der Waals surface area contributed by atoms with Crippen LogP contribution in [0.3, 0.4) is 0 Å². The second-order valence-electron chi connectivity index (χ2n) is 2.96. The van der Waals surface area contributed by atoms with E-state index in [4.69, 9.17) is 22.4 Å². The summed E-state index contributed by atoms with van der Waals surface area (Å²) >= 11 is 7.07. The van der Waals surface area contributed by atoms with E-state index in [1.807, 2.05) is 0 Å². The van der Waals surface area contributed by atoms with Gasteiger partial charge in [-0.1, -0.05) is 49.6 Å².